The number of allylic oxidation sites excluding steroid dienone is 10. The highest BCUT2D eigenvalue weighted by Crippen LogP contribution is 2.14. The lowest BCUT2D eigenvalue weighted by Gasteiger charge is -2.18. The van der Waals surface area contributed by atoms with E-state index in [4.69, 9.17) is 14.2 Å². The maximum absolute atomic E-state index is 12.8. The van der Waals surface area contributed by atoms with Gasteiger partial charge in [-0.2, -0.15) is 0 Å². The van der Waals surface area contributed by atoms with Crippen LogP contribution in [0.3, 0.4) is 0 Å². The minimum absolute atomic E-state index is 0.106. The second-order valence-corrected chi connectivity index (χ2v) is 18.5. The maximum Gasteiger partial charge on any atom is 0.306 e. The van der Waals surface area contributed by atoms with Crippen molar-refractivity contribution in [2.45, 2.75) is 284 Å². The molecule has 0 rings (SSSR count). The van der Waals surface area contributed by atoms with E-state index in [0.29, 0.717) is 12.8 Å². The Bertz CT molecular complexity index is 1180. The molecule has 0 aliphatic rings. The van der Waals surface area contributed by atoms with E-state index in [-0.39, 0.29) is 44.0 Å². The summed E-state index contributed by atoms with van der Waals surface area (Å²) in [5, 5.41) is 0. The first-order valence-electron chi connectivity index (χ1n) is 27.8. The Balaban J connectivity index is 4.46. The minimum Gasteiger partial charge on any atom is -0.462 e. The van der Waals surface area contributed by atoms with E-state index in [2.05, 4.69) is 75.5 Å². The van der Waals surface area contributed by atoms with Crippen LogP contribution in [0.15, 0.2) is 60.8 Å². The normalized spacial score (nSPS) is 12.5. The third-order valence-electron chi connectivity index (χ3n) is 12.0. The van der Waals surface area contributed by atoms with Gasteiger partial charge in [-0.25, -0.2) is 0 Å². The van der Waals surface area contributed by atoms with Gasteiger partial charge in [-0.05, 0) is 89.9 Å². The van der Waals surface area contributed by atoms with E-state index in [1.807, 2.05) is 6.08 Å². The zero-order valence-corrected chi connectivity index (χ0v) is 43.0. The number of rotatable bonds is 50. The summed E-state index contributed by atoms with van der Waals surface area (Å²) in [4.78, 5) is 38.0. The molecule has 0 amide bonds. The van der Waals surface area contributed by atoms with Gasteiger partial charge in [0.25, 0.3) is 0 Å². The average Bonchev–Trinajstić information content (AvgIpc) is 3.30. The number of carbonyl (C=O) groups is 3. The number of unbranched alkanes of at least 4 members (excludes halogenated alkanes) is 30. The predicted octanol–water partition coefficient (Wildman–Crippen LogP) is 18.4. The Kier molecular flexibility index (Phi) is 51.3. The molecule has 0 bridgehead atoms. The lowest BCUT2D eigenvalue weighted by molar-refractivity contribution is -0.166. The van der Waals surface area contributed by atoms with Crippen molar-refractivity contribution in [2.75, 3.05) is 13.2 Å². The van der Waals surface area contributed by atoms with E-state index in [9.17, 15) is 14.4 Å². The molecule has 6 nitrogen and oxygen atoms in total. The SMILES string of the molecule is CCCCCCCC/C=C/C/C=C/CCC(=O)OCC(COC(=O)CCCCCCC/C=C/CCCCCCCCCCC)OC(=O)CCCCC/C=C/C=C/CCCCCCCCC. The zero-order valence-electron chi connectivity index (χ0n) is 43.0. The van der Waals surface area contributed by atoms with Gasteiger partial charge in [0.05, 0.1) is 0 Å². The van der Waals surface area contributed by atoms with E-state index in [1.165, 1.54) is 161 Å². The number of hydrogen-bond donors (Lipinski definition) is 0. The smallest absolute Gasteiger partial charge is 0.306 e. The standard InChI is InChI=1S/C59H104O6/c1-4-7-10-13-16-19-22-25-27-29-30-32-34-37-40-43-46-49-52-58(61)64-55-56(54-63-57(60)51-48-45-42-39-36-33-24-21-18-15-12-9-6-3)65-59(62)53-50-47-44-41-38-35-31-28-26-23-20-17-14-11-8-5-2/h28,30-33,35-36,38,42,45,56H,4-27,29,34,37,39-41,43-44,46-55H2,1-3H3/b31-28+,32-30+,36-33+,38-35+,45-42+. The second kappa shape index (κ2) is 53.7. The molecular formula is C59H104O6. The third kappa shape index (κ3) is 51.9. The molecule has 0 aliphatic heterocycles. The van der Waals surface area contributed by atoms with Crippen molar-refractivity contribution in [3.05, 3.63) is 60.8 Å². The van der Waals surface area contributed by atoms with Gasteiger partial charge in [-0.3, -0.25) is 14.4 Å². The van der Waals surface area contributed by atoms with Gasteiger partial charge >= 0.3 is 17.9 Å². The summed E-state index contributed by atoms with van der Waals surface area (Å²) in [6.07, 6.45) is 66.5. The van der Waals surface area contributed by atoms with Crippen LogP contribution in [-0.4, -0.2) is 37.2 Å². The van der Waals surface area contributed by atoms with E-state index >= 15 is 0 Å². The molecule has 65 heavy (non-hydrogen) atoms. The van der Waals surface area contributed by atoms with Crippen molar-refractivity contribution in [1.82, 2.24) is 0 Å². The summed E-state index contributed by atoms with van der Waals surface area (Å²) in [6.45, 7) is 6.56. The minimum atomic E-state index is -0.813. The zero-order chi connectivity index (χ0) is 47.2. The third-order valence-corrected chi connectivity index (χ3v) is 12.0. The fourth-order valence-corrected chi connectivity index (χ4v) is 7.78. The molecule has 376 valence electrons. The largest absolute Gasteiger partial charge is 0.462 e. The van der Waals surface area contributed by atoms with Gasteiger partial charge in [0.15, 0.2) is 6.10 Å². The summed E-state index contributed by atoms with van der Waals surface area (Å²) in [5.41, 5.74) is 0. The van der Waals surface area contributed by atoms with Crippen LogP contribution in [0.25, 0.3) is 0 Å². The molecule has 0 aromatic carbocycles. The lowest BCUT2D eigenvalue weighted by Crippen LogP contribution is -2.30. The van der Waals surface area contributed by atoms with Crippen molar-refractivity contribution in [3.63, 3.8) is 0 Å². The molecule has 0 aromatic heterocycles. The topological polar surface area (TPSA) is 78.9 Å². The van der Waals surface area contributed by atoms with E-state index < -0.39 is 6.10 Å². The molecule has 0 spiro atoms. The molecule has 0 saturated carbocycles. The van der Waals surface area contributed by atoms with Gasteiger partial charge in [-0.15, -0.1) is 0 Å². The fourth-order valence-electron chi connectivity index (χ4n) is 7.78. The number of ether oxygens (including phenoxy) is 3. The molecule has 0 N–H and O–H groups in total. The highest BCUT2D eigenvalue weighted by Gasteiger charge is 2.19. The van der Waals surface area contributed by atoms with Gasteiger partial charge in [-0.1, -0.05) is 229 Å². The number of esters is 3. The Morgan fingerprint density at radius 2 is 0.631 bits per heavy atom. The number of carbonyl (C=O) groups excluding carboxylic acids is 3. The molecule has 0 fully saturated rings. The summed E-state index contributed by atoms with van der Waals surface area (Å²) in [6, 6.07) is 0. The molecule has 6 heteroatoms. The molecule has 0 aliphatic carbocycles. The van der Waals surface area contributed by atoms with Crippen LogP contribution >= 0.6 is 0 Å². The quantitative estimate of drug-likeness (QED) is 0.0199. The monoisotopic (exact) mass is 909 g/mol. The molecule has 0 heterocycles. The second-order valence-electron chi connectivity index (χ2n) is 18.5. The van der Waals surface area contributed by atoms with E-state index in [1.54, 1.807) is 0 Å². The fraction of sp³-hybridized carbons (Fsp3) is 0.780. The Hall–Kier alpha value is -2.89. The van der Waals surface area contributed by atoms with Crippen LogP contribution in [0.1, 0.15) is 278 Å². The van der Waals surface area contributed by atoms with E-state index in [0.717, 1.165) is 70.6 Å². The Morgan fingerprint density at radius 1 is 0.323 bits per heavy atom. The molecule has 0 aromatic rings. The Morgan fingerprint density at radius 3 is 1.06 bits per heavy atom. The van der Waals surface area contributed by atoms with Crippen molar-refractivity contribution in [2.24, 2.45) is 0 Å². The summed E-state index contributed by atoms with van der Waals surface area (Å²) in [7, 11) is 0. The van der Waals surface area contributed by atoms with Crippen LogP contribution in [0.5, 0.6) is 0 Å². The summed E-state index contributed by atoms with van der Waals surface area (Å²) < 4.78 is 16.7. The lowest BCUT2D eigenvalue weighted by atomic mass is 10.1. The highest BCUT2D eigenvalue weighted by atomic mass is 16.6. The first kappa shape index (κ1) is 62.1. The average molecular weight is 909 g/mol. The van der Waals surface area contributed by atoms with Crippen molar-refractivity contribution >= 4 is 17.9 Å². The van der Waals surface area contributed by atoms with Crippen LogP contribution in [0.4, 0.5) is 0 Å². The molecule has 1 unspecified atom stereocenters. The van der Waals surface area contributed by atoms with Crippen molar-refractivity contribution in [3.8, 4) is 0 Å². The molecule has 0 saturated heterocycles. The summed E-state index contributed by atoms with van der Waals surface area (Å²) in [5.74, 6) is -1.00. The number of hydrogen-bond acceptors (Lipinski definition) is 6. The van der Waals surface area contributed by atoms with Crippen LogP contribution in [0.2, 0.25) is 0 Å². The van der Waals surface area contributed by atoms with Crippen molar-refractivity contribution < 1.29 is 28.6 Å². The van der Waals surface area contributed by atoms with Crippen LogP contribution in [0, 0.1) is 0 Å². The Labute approximate surface area is 402 Å². The highest BCUT2D eigenvalue weighted by molar-refractivity contribution is 5.71. The first-order valence-corrected chi connectivity index (χ1v) is 27.8. The summed E-state index contributed by atoms with van der Waals surface area (Å²) >= 11 is 0. The van der Waals surface area contributed by atoms with Gasteiger partial charge < -0.3 is 14.2 Å². The van der Waals surface area contributed by atoms with Crippen molar-refractivity contribution in [1.29, 1.82) is 0 Å². The van der Waals surface area contributed by atoms with Gasteiger partial charge in [0.1, 0.15) is 13.2 Å². The van der Waals surface area contributed by atoms with Gasteiger partial charge in [0.2, 0.25) is 0 Å². The van der Waals surface area contributed by atoms with Crippen LogP contribution in [-0.2, 0) is 28.6 Å². The predicted molar refractivity (Wildman–Crippen MR) is 279 cm³/mol. The molecule has 1 atom stereocenters. The van der Waals surface area contributed by atoms with Crippen LogP contribution < -0.4 is 0 Å². The van der Waals surface area contributed by atoms with Gasteiger partial charge in [0, 0.05) is 19.3 Å². The molecular weight excluding hydrogens is 805 g/mol. The maximum atomic E-state index is 12.8. The molecule has 0 radical (unpaired) electrons. The first-order chi connectivity index (χ1) is 32.0.